The quantitative estimate of drug-likeness (QED) is 0.827. The van der Waals surface area contributed by atoms with Crippen molar-refractivity contribution in [3.05, 3.63) is 23.8 Å². The lowest BCUT2D eigenvalue weighted by atomic mass is 9.80. The van der Waals surface area contributed by atoms with Gasteiger partial charge in [0, 0.05) is 11.3 Å². The molecule has 1 aromatic rings. The Labute approximate surface area is 122 Å². The second-order valence-corrected chi connectivity index (χ2v) is 6.00. The van der Waals surface area contributed by atoms with Crippen molar-refractivity contribution < 1.29 is 9.47 Å². The van der Waals surface area contributed by atoms with E-state index in [1.807, 2.05) is 25.1 Å². The van der Waals surface area contributed by atoms with Crippen LogP contribution in [0.2, 0.25) is 0 Å². The molecule has 112 valence electrons. The first kappa shape index (κ1) is 15.2. The molecule has 20 heavy (non-hydrogen) atoms. The van der Waals surface area contributed by atoms with Gasteiger partial charge < -0.3 is 15.2 Å². The van der Waals surface area contributed by atoms with Crippen LogP contribution in [0.1, 0.15) is 45.6 Å². The minimum absolute atomic E-state index is 0.372. The second-order valence-electron chi connectivity index (χ2n) is 6.00. The monoisotopic (exact) mass is 277 g/mol. The molecule has 3 heteroatoms. The smallest absolute Gasteiger partial charge is 0.124 e. The molecular formula is C17H27NO2. The average molecular weight is 277 g/mol. The Bertz CT molecular complexity index is 433. The van der Waals surface area contributed by atoms with Crippen LogP contribution in [-0.4, -0.2) is 12.7 Å². The number of ether oxygens (including phenoxy) is 2. The minimum atomic E-state index is 0.372. The fourth-order valence-electron chi connectivity index (χ4n) is 2.87. The first-order valence-corrected chi connectivity index (χ1v) is 7.73. The Balaban J connectivity index is 1.94. The van der Waals surface area contributed by atoms with E-state index >= 15 is 0 Å². The van der Waals surface area contributed by atoms with E-state index in [1.165, 1.54) is 6.42 Å². The van der Waals surface area contributed by atoms with Crippen molar-refractivity contribution in [2.45, 2.75) is 52.7 Å². The highest BCUT2D eigenvalue weighted by Gasteiger charge is 2.25. The predicted octanol–water partition coefficient (Wildman–Crippen LogP) is 4.01. The lowest BCUT2D eigenvalue weighted by molar-refractivity contribution is -0.00816. The summed E-state index contributed by atoms with van der Waals surface area (Å²) in [6.45, 7) is 7.91. The third kappa shape index (κ3) is 3.89. The Morgan fingerprint density at radius 3 is 2.70 bits per heavy atom. The third-order valence-corrected chi connectivity index (χ3v) is 4.41. The van der Waals surface area contributed by atoms with Crippen molar-refractivity contribution in [2.24, 2.45) is 11.8 Å². The van der Waals surface area contributed by atoms with Gasteiger partial charge >= 0.3 is 0 Å². The topological polar surface area (TPSA) is 44.5 Å². The van der Waals surface area contributed by atoms with Crippen LogP contribution in [-0.2, 0) is 11.3 Å². The number of benzene rings is 1. The molecule has 3 nitrogen and oxygen atoms in total. The lowest BCUT2D eigenvalue weighted by Gasteiger charge is -2.32. The van der Waals surface area contributed by atoms with Gasteiger partial charge in [0.15, 0.2) is 0 Å². The molecule has 0 bridgehead atoms. The molecule has 2 rings (SSSR count). The number of hydrogen-bond donors (Lipinski definition) is 1. The molecule has 0 amide bonds. The molecular weight excluding hydrogens is 250 g/mol. The Hall–Kier alpha value is -1.22. The highest BCUT2D eigenvalue weighted by Crippen LogP contribution is 2.32. The highest BCUT2D eigenvalue weighted by molar-refractivity contribution is 5.47. The van der Waals surface area contributed by atoms with Crippen molar-refractivity contribution >= 4 is 5.69 Å². The molecule has 0 radical (unpaired) electrons. The summed E-state index contributed by atoms with van der Waals surface area (Å²) >= 11 is 0. The van der Waals surface area contributed by atoms with Gasteiger partial charge in [-0.2, -0.15) is 0 Å². The Kier molecular flexibility index (Phi) is 5.30. The zero-order chi connectivity index (χ0) is 14.5. The molecule has 2 N–H and O–H groups in total. The van der Waals surface area contributed by atoms with Crippen LogP contribution in [0.15, 0.2) is 18.2 Å². The van der Waals surface area contributed by atoms with Crippen molar-refractivity contribution in [1.82, 2.24) is 0 Å². The first-order valence-electron chi connectivity index (χ1n) is 7.73. The van der Waals surface area contributed by atoms with Crippen LogP contribution in [0.3, 0.4) is 0 Å². The maximum Gasteiger partial charge on any atom is 0.124 e. The van der Waals surface area contributed by atoms with Gasteiger partial charge in [0.2, 0.25) is 0 Å². The summed E-state index contributed by atoms with van der Waals surface area (Å²) in [5.74, 6) is 2.46. The molecule has 1 fully saturated rings. The second kappa shape index (κ2) is 6.98. The normalized spacial score (nSPS) is 26.4. The van der Waals surface area contributed by atoms with E-state index in [2.05, 4.69) is 13.8 Å². The molecule has 1 saturated carbocycles. The zero-order valence-corrected chi connectivity index (χ0v) is 12.9. The maximum atomic E-state index is 6.09. The van der Waals surface area contributed by atoms with Crippen molar-refractivity contribution in [3.63, 3.8) is 0 Å². The van der Waals surface area contributed by atoms with Gasteiger partial charge in [-0.25, -0.2) is 0 Å². The first-order chi connectivity index (χ1) is 9.60. The van der Waals surface area contributed by atoms with E-state index in [0.717, 1.165) is 41.7 Å². The maximum absolute atomic E-state index is 6.09. The van der Waals surface area contributed by atoms with Gasteiger partial charge in [-0.1, -0.05) is 13.8 Å². The van der Waals surface area contributed by atoms with Gasteiger partial charge in [-0.3, -0.25) is 0 Å². The van der Waals surface area contributed by atoms with Gasteiger partial charge in [0.1, 0.15) is 5.75 Å². The standard InChI is InChI=1S/C17H27NO2/c1-4-19-17-8-6-15(18)10-14(17)11-20-16-7-5-12(2)13(3)9-16/h6,8,10,12-13,16H,4-5,7,9,11,18H2,1-3H3. The number of nitrogen functional groups attached to an aromatic ring is 1. The predicted molar refractivity (Wildman–Crippen MR) is 82.8 cm³/mol. The number of anilines is 1. The summed E-state index contributed by atoms with van der Waals surface area (Å²) in [6, 6.07) is 5.77. The summed E-state index contributed by atoms with van der Waals surface area (Å²) in [5, 5.41) is 0. The van der Waals surface area contributed by atoms with E-state index in [0.29, 0.717) is 19.3 Å². The Morgan fingerprint density at radius 1 is 1.20 bits per heavy atom. The molecule has 0 heterocycles. The van der Waals surface area contributed by atoms with Gasteiger partial charge in [0.25, 0.3) is 0 Å². The molecule has 0 aliphatic heterocycles. The molecule has 0 spiro atoms. The van der Waals surface area contributed by atoms with Crippen molar-refractivity contribution in [2.75, 3.05) is 12.3 Å². The average Bonchev–Trinajstić information content (AvgIpc) is 2.43. The Morgan fingerprint density at radius 2 is 2.00 bits per heavy atom. The minimum Gasteiger partial charge on any atom is -0.494 e. The number of nitrogens with two attached hydrogens (primary N) is 1. The van der Waals surface area contributed by atoms with E-state index in [-0.39, 0.29) is 0 Å². The molecule has 1 aromatic carbocycles. The van der Waals surface area contributed by atoms with Crippen LogP contribution in [0.4, 0.5) is 5.69 Å². The molecule has 0 saturated heterocycles. The van der Waals surface area contributed by atoms with Gasteiger partial charge in [-0.05, 0) is 56.2 Å². The fraction of sp³-hybridized carbons (Fsp3) is 0.647. The molecule has 0 aromatic heterocycles. The highest BCUT2D eigenvalue weighted by atomic mass is 16.5. The van der Waals surface area contributed by atoms with E-state index in [4.69, 9.17) is 15.2 Å². The third-order valence-electron chi connectivity index (χ3n) is 4.41. The van der Waals surface area contributed by atoms with E-state index < -0.39 is 0 Å². The van der Waals surface area contributed by atoms with Crippen LogP contribution in [0.25, 0.3) is 0 Å². The molecule has 3 atom stereocenters. The summed E-state index contributed by atoms with van der Waals surface area (Å²) < 4.78 is 11.7. The van der Waals surface area contributed by atoms with E-state index in [1.54, 1.807) is 0 Å². The van der Waals surface area contributed by atoms with Crippen molar-refractivity contribution in [1.29, 1.82) is 0 Å². The summed E-state index contributed by atoms with van der Waals surface area (Å²) in [6.07, 6.45) is 3.96. The van der Waals surface area contributed by atoms with Crippen LogP contribution in [0.5, 0.6) is 5.75 Å². The molecule has 1 aliphatic carbocycles. The molecule has 3 unspecified atom stereocenters. The van der Waals surface area contributed by atoms with E-state index in [9.17, 15) is 0 Å². The van der Waals surface area contributed by atoms with Gasteiger partial charge in [0.05, 0.1) is 19.3 Å². The summed E-state index contributed by atoms with van der Waals surface area (Å²) in [7, 11) is 0. The lowest BCUT2D eigenvalue weighted by Crippen LogP contribution is -2.26. The fourth-order valence-corrected chi connectivity index (χ4v) is 2.87. The van der Waals surface area contributed by atoms with Crippen LogP contribution >= 0.6 is 0 Å². The number of hydrogen-bond acceptors (Lipinski definition) is 3. The van der Waals surface area contributed by atoms with Crippen LogP contribution < -0.4 is 10.5 Å². The zero-order valence-electron chi connectivity index (χ0n) is 12.9. The largest absolute Gasteiger partial charge is 0.494 e. The van der Waals surface area contributed by atoms with Crippen molar-refractivity contribution in [3.8, 4) is 5.75 Å². The van der Waals surface area contributed by atoms with Crippen LogP contribution in [0, 0.1) is 11.8 Å². The number of rotatable bonds is 5. The SMILES string of the molecule is CCOc1ccc(N)cc1COC1CCC(C)C(C)C1. The van der Waals surface area contributed by atoms with Gasteiger partial charge in [-0.15, -0.1) is 0 Å². The summed E-state index contributed by atoms with van der Waals surface area (Å²) in [4.78, 5) is 0. The molecule has 1 aliphatic rings. The summed E-state index contributed by atoms with van der Waals surface area (Å²) in [5.41, 5.74) is 7.68.